The highest BCUT2D eigenvalue weighted by molar-refractivity contribution is 7.92. The summed E-state index contributed by atoms with van der Waals surface area (Å²) in [5.41, 5.74) is 1.25. The summed E-state index contributed by atoms with van der Waals surface area (Å²) in [7, 11) is -3.86. The van der Waals surface area contributed by atoms with Crippen molar-refractivity contribution in [2.75, 3.05) is 4.72 Å². The largest absolute Gasteiger partial charge is 0.324 e. The van der Waals surface area contributed by atoms with Crippen LogP contribution in [-0.4, -0.2) is 18.0 Å². The van der Waals surface area contributed by atoms with Gasteiger partial charge in [-0.1, -0.05) is 29.3 Å². The van der Waals surface area contributed by atoms with Gasteiger partial charge >= 0.3 is 0 Å². The quantitative estimate of drug-likeness (QED) is 0.709. The minimum absolute atomic E-state index is 0.128. The van der Waals surface area contributed by atoms with E-state index in [2.05, 4.69) is 9.71 Å². The summed E-state index contributed by atoms with van der Waals surface area (Å²) in [5.74, 6) is 0. The normalized spacial score (nSPS) is 11.4. The minimum atomic E-state index is -3.86. The minimum Gasteiger partial charge on any atom is -0.324 e. The molecule has 0 aliphatic carbocycles. The Kier molecular flexibility index (Phi) is 4.30. The van der Waals surface area contributed by atoms with Crippen molar-refractivity contribution in [3.05, 3.63) is 71.2 Å². The lowest BCUT2D eigenvalue weighted by Gasteiger charge is -2.11. The van der Waals surface area contributed by atoms with Crippen LogP contribution >= 0.6 is 23.2 Å². The summed E-state index contributed by atoms with van der Waals surface area (Å²) in [6.07, 6.45) is 3.74. The lowest BCUT2D eigenvalue weighted by atomic mass is 10.3. The number of nitrogens with one attached hydrogen (secondary N) is 1. The molecule has 0 amide bonds. The van der Waals surface area contributed by atoms with Gasteiger partial charge < -0.3 is 4.57 Å². The highest BCUT2D eigenvalue weighted by Gasteiger charge is 2.19. The van der Waals surface area contributed by atoms with E-state index in [1.54, 1.807) is 18.2 Å². The fourth-order valence-electron chi connectivity index (χ4n) is 2.05. The second kappa shape index (κ2) is 6.23. The Bertz CT molecular complexity index is 941. The van der Waals surface area contributed by atoms with Gasteiger partial charge in [0.2, 0.25) is 0 Å². The van der Waals surface area contributed by atoms with Crippen LogP contribution in [0.1, 0.15) is 0 Å². The number of aromatic nitrogens is 2. The fourth-order valence-corrected chi connectivity index (χ4v) is 3.76. The third-order valence-electron chi connectivity index (χ3n) is 3.07. The van der Waals surface area contributed by atoms with Crippen molar-refractivity contribution >= 4 is 38.9 Å². The zero-order valence-corrected chi connectivity index (χ0v) is 14.0. The molecule has 0 unspecified atom stereocenters. The molecule has 0 saturated carbocycles. The molecule has 0 bridgehead atoms. The van der Waals surface area contributed by atoms with Gasteiger partial charge in [-0.25, -0.2) is 13.4 Å². The van der Waals surface area contributed by atoms with Crippen molar-refractivity contribution in [2.24, 2.45) is 0 Å². The number of benzene rings is 1. The Balaban J connectivity index is 1.93. The Morgan fingerprint density at radius 1 is 1.00 bits per heavy atom. The van der Waals surface area contributed by atoms with E-state index in [0.29, 0.717) is 5.69 Å². The van der Waals surface area contributed by atoms with E-state index in [-0.39, 0.29) is 15.2 Å². The molecular weight excluding hydrogens is 357 g/mol. The van der Waals surface area contributed by atoms with Crippen LogP contribution in [0.3, 0.4) is 0 Å². The molecular formula is C15H11Cl2N3O2S. The SMILES string of the molecule is O=S(=O)(Nc1cccc(-n2cccc2)c1)c1ccc(Cl)nc1Cl. The van der Waals surface area contributed by atoms with E-state index < -0.39 is 10.0 Å². The van der Waals surface area contributed by atoms with E-state index in [4.69, 9.17) is 23.2 Å². The number of rotatable bonds is 4. The van der Waals surface area contributed by atoms with Crippen LogP contribution in [0.4, 0.5) is 5.69 Å². The van der Waals surface area contributed by atoms with Crippen LogP contribution in [0, 0.1) is 0 Å². The molecule has 1 aromatic carbocycles. The Hall–Kier alpha value is -2.02. The van der Waals surface area contributed by atoms with Crippen LogP contribution in [0.15, 0.2) is 65.8 Å². The third-order valence-corrected chi connectivity index (χ3v) is 5.09. The van der Waals surface area contributed by atoms with Gasteiger partial charge in [-0.15, -0.1) is 0 Å². The summed E-state index contributed by atoms with van der Waals surface area (Å²) >= 11 is 11.6. The molecule has 0 fully saturated rings. The molecule has 5 nitrogen and oxygen atoms in total. The van der Waals surface area contributed by atoms with Crippen LogP contribution in [0.5, 0.6) is 0 Å². The van der Waals surface area contributed by atoms with Gasteiger partial charge in [-0.05, 0) is 42.5 Å². The van der Waals surface area contributed by atoms with Gasteiger partial charge in [0.25, 0.3) is 10.0 Å². The van der Waals surface area contributed by atoms with E-state index in [9.17, 15) is 8.42 Å². The van der Waals surface area contributed by atoms with Crippen molar-refractivity contribution < 1.29 is 8.42 Å². The fraction of sp³-hybridized carbons (Fsp3) is 0. The van der Waals surface area contributed by atoms with Crippen molar-refractivity contribution in [3.8, 4) is 5.69 Å². The van der Waals surface area contributed by atoms with Gasteiger partial charge in [-0.2, -0.15) is 0 Å². The number of sulfonamides is 1. The zero-order valence-electron chi connectivity index (χ0n) is 11.6. The Morgan fingerprint density at radius 3 is 2.43 bits per heavy atom. The summed E-state index contributed by atoms with van der Waals surface area (Å²) in [6, 6.07) is 13.5. The van der Waals surface area contributed by atoms with E-state index in [1.807, 2.05) is 35.2 Å². The van der Waals surface area contributed by atoms with Gasteiger partial charge in [0.1, 0.15) is 10.0 Å². The second-order valence-corrected chi connectivity index (χ2v) is 7.07. The van der Waals surface area contributed by atoms with Gasteiger partial charge in [-0.3, -0.25) is 4.72 Å². The van der Waals surface area contributed by atoms with Crippen LogP contribution < -0.4 is 4.72 Å². The molecule has 118 valence electrons. The molecule has 0 atom stereocenters. The molecule has 0 radical (unpaired) electrons. The van der Waals surface area contributed by atoms with Crippen molar-refractivity contribution in [1.29, 1.82) is 0 Å². The molecule has 3 rings (SSSR count). The molecule has 0 spiro atoms. The Labute approximate surface area is 143 Å². The first kappa shape index (κ1) is 15.9. The predicted molar refractivity (Wildman–Crippen MR) is 90.8 cm³/mol. The van der Waals surface area contributed by atoms with E-state index in [0.717, 1.165) is 5.69 Å². The van der Waals surface area contributed by atoms with Gasteiger partial charge in [0.15, 0.2) is 5.15 Å². The highest BCUT2D eigenvalue weighted by Crippen LogP contribution is 2.24. The van der Waals surface area contributed by atoms with Crippen molar-refractivity contribution in [1.82, 2.24) is 9.55 Å². The summed E-state index contributed by atoms with van der Waals surface area (Å²) in [4.78, 5) is 3.62. The lowest BCUT2D eigenvalue weighted by Crippen LogP contribution is -2.14. The number of pyridine rings is 1. The molecule has 2 heterocycles. The van der Waals surface area contributed by atoms with Crippen LogP contribution in [-0.2, 0) is 10.0 Å². The predicted octanol–water partition coefficient (Wildman–Crippen LogP) is 3.98. The molecule has 2 aromatic heterocycles. The number of hydrogen-bond donors (Lipinski definition) is 1. The lowest BCUT2D eigenvalue weighted by molar-refractivity contribution is 0.601. The smallest absolute Gasteiger partial charge is 0.264 e. The zero-order chi connectivity index (χ0) is 16.4. The average molecular weight is 368 g/mol. The van der Waals surface area contributed by atoms with Gasteiger partial charge in [0.05, 0.1) is 5.69 Å². The summed E-state index contributed by atoms with van der Waals surface area (Å²) in [6.45, 7) is 0. The van der Waals surface area contributed by atoms with Crippen molar-refractivity contribution in [3.63, 3.8) is 0 Å². The second-order valence-electron chi connectivity index (χ2n) is 4.67. The first-order valence-electron chi connectivity index (χ1n) is 6.54. The molecule has 23 heavy (non-hydrogen) atoms. The molecule has 8 heteroatoms. The first-order chi connectivity index (χ1) is 11.0. The average Bonchev–Trinajstić information content (AvgIpc) is 3.00. The third kappa shape index (κ3) is 3.50. The number of halogens is 2. The monoisotopic (exact) mass is 367 g/mol. The molecule has 0 saturated heterocycles. The maximum Gasteiger partial charge on any atom is 0.264 e. The molecule has 3 aromatic rings. The van der Waals surface area contributed by atoms with Crippen LogP contribution in [0.25, 0.3) is 5.69 Å². The topological polar surface area (TPSA) is 64.0 Å². The van der Waals surface area contributed by atoms with Gasteiger partial charge in [0, 0.05) is 18.1 Å². The highest BCUT2D eigenvalue weighted by atomic mass is 35.5. The summed E-state index contributed by atoms with van der Waals surface area (Å²) < 4.78 is 29.3. The maximum atomic E-state index is 12.4. The van der Waals surface area contributed by atoms with E-state index in [1.165, 1.54) is 12.1 Å². The maximum absolute atomic E-state index is 12.4. The van der Waals surface area contributed by atoms with Crippen LogP contribution in [0.2, 0.25) is 10.3 Å². The molecule has 1 N–H and O–H groups in total. The molecule has 0 aliphatic rings. The Morgan fingerprint density at radius 2 is 1.74 bits per heavy atom. The number of anilines is 1. The first-order valence-corrected chi connectivity index (χ1v) is 8.78. The number of hydrogen-bond acceptors (Lipinski definition) is 3. The van der Waals surface area contributed by atoms with Crippen molar-refractivity contribution in [2.45, 2.75) is 4.90 Å². The standard InChI is InChI=1S/C15H11Cl2N3O2S/c16-14-7-6-13(15(17)18-14)23(21,22)19-11-4-3-5-12(10-11)20-8-1-2-9-20/h1-10,19H. The molecule has 0 aliphatic heterocycles. The summed E-state index contributed by atoms with van der Waals surface area (Å²) in [5, 5.41) is -0.0462. The van der Waals surface area contributed by atoms with E-state index >= 15 is 0 Å². The number of nitrogens with zero attached hydrogens (tertiary/aromatic N) is 2.